The zero-order chi connectivity index (χ0) is 21.6. The third-order valence-corrected chi connectivity index (χ3v) is 4.79. The van der Waals surface area contributed by atoms with Gasteiger partial charge in [0.15, 0.2) is 11.5 Å². The van der Waals surface area contributed by atoms with Crippen molar-refractivity contribution >= 4 is 28.7 Å². The van der Waals surface area contributed by atoms with E-state index in [1.54, 1.807) is 24.3 Å². The Morgan fingerprint density at radius 3 is 2.42 bits per heavy atom. The third-order valence-electron chi connectivity index (χ3n) is 4.79. The molecule has 0 bridgehead atoms. The van der Waals surface area contributed by atoms with E-state index in [1.807, 2.05) is 61.5 Å². The molecule has 0 spiro atoms. The molecular weight excluding hydrogens is 392 g/mol. The zero-order valence-electron chi connectivity index (χ0n) is 17.1. The van der Waals surface area contributed by atoms with Gasteiger partial charge in [-0.05, 0) is 31.2 Å². The van der Waals surface area contributed by atoms with Gasteiger partial charge in [0.2, 0.25) is 6.10 Å². The molecule has 0 saturated heterocycles. The molecule has 0 unspecified atom stereocenters. The summed E-state index contributed by atoms with van der Waals surface area (Å²) >= 11 is 0. The number of ether oxygens (including phenoxy) is 1. The minimum atomic E-state index is -1.06. The Hall–Kier alpha value is -3.93. The second-order valence-electron chi connectivity index (χ2n) is 7.21. The molecule has 156 valence electrons. The van der Waals surface area contributed by atoms with Crippen LogP contribution in [0, 0.1) is 6.92 Å². The van der Waals surface area contributed by atoms with Gasteiger partial charge in [-0.15, -0.1) is 0 Å². The van der Waals surface area contributed by atoms with Crippen molar-refractivity contribution in [2.75, 3.05) is 5.32 Å². The number of carbonyl (C=O) groups excluding carboxylic acids is 2. The fourth-order valence-corrected chi connectivity index (χ4v) is 3.17. The Morgan fingerprint density at radius 2 is 1.68 bits per heavy atom. The number of anilines is 1. The molecule has 0 aliphatic heterocycles. The predicted molar refractivity (Wildman–Crippen MR) is 117 cm³/mol. The normalized spacial score (nSPS) is 11.8. The highest BCUT2D eigenvalue weighted by Gasteiger charge is 2.25. The van der Waals surface area contributed by atoms with Crippen LogP contribution in [0.2, 0.25) is 0 Å². The fourth-order valence-electron chi connectivity index (χ4n) is 3.17. The summed E-state index contributed by atoms with van der Waals surface area (Å²) in [6.07, 6.45) is -0.721. The summed E-state index contributed by atoms with van der Waals surface area (Å²) in [6, 6.07) is 23.8. The molecule has 0 aliphatic carbocycles. The number of nitrogens with zero attached hydrogens (tertiary/aromatic N) is 1. The quantitative estimate of drug-likeness (QED) is 0.431. The predicted octanol–water partition coefficient (Wildman–Crippen LogP) is 4.99. The lowest BCUT2D eigenvalue weighted by Gasteiger charge is -2.18. The Bertz CT molecular complexity index is 1150. The largest absolute Gasteiger partial charge is 0.447 e. The van der Waals surface area contributed by atoms with Gasteiger partial charge >= 0.3 is 5.97 Å². The molecule has 3 aromatic carbocycles. The molecule has 1 amide bonds. The van der Waals surface area contributed by atoms with Crippen molar-refractivity contribution in [1.82, 2.24) is 4.98 Å². The number of oxazole rings is 1. The van der Waals surface area contributed by atoms with Gasteiger partial charge in [0.25, 0.3) is 5.91 Å². The van der Waals surface area contributed by atoms with Crippen LogP contribution in [0.25, 0.3) is 11.1 Å². The van der Waals surface area contributed by atoms with Crippen molar-refractivity contribution in [3.63, 3.8) is 0 Å². The van der Waals surface area contributed by atoms with Crippen LogP contribution in [-0.4, -0.2) is 16.9 Å². The second kappa shape index (κ2) is 9.26. The number of rotatable bonds is 7. The summed E-state index contributed by atoms with van der Waals surface area (Å²) in [6.45, 7) is 1.97. The Kier molecular flexibility index (Phi) is 6.08. The maximum atomic E-state index is 12.9. The molecule has 6 nitrogen and oxygen atoms in total. The first kappa shape index (κ1) is 20.3. The Labute approximate surface area is 179 Å². The average molecular weight is 414 g/mol. The van der Waals surface area contributed by atoms with Gasteiger partial charge in [0.1, 0.15) is 5.52 Å². The van der Waals surface area contributed by atoms with E-state index in [9.17, 15) is 9.59 Å². The molecular formula is C25H22N2O4. The van der Waals surface area contributed by atoms with Crippen molar-refractivity contribution in [3.05, 3.63) is 95.9 Å². The van der Waals surface area contributed by atoms with E-state index in [0.29, 0.717) is 22.7 Å². The highest BCUT2D eigenvalue weighted by Crippen LogP contribution is 2.22. The number of nitrogens with one attached hydrogen (secondary N) is 1. The first-order valence-corrected chi connectivity index (χ1v) is 10.0. The summed E-state index contributed by atoms with van der Waals surface area (Å²) in [4.78, 5) is 29.8. The Morgan fingerprint density at radius 1 is 0.968 bits per heavy atom. The van der Waals surface area contributed by atoms with Crippen molar-refractivity contribution < 1.29 is 18.7 Å². The number of aromatic nitrogens is 1. The van der Waals surface area contributed by atoms with Crippen molar-refractivity contribution in [2.24, 2.45) is 0 Å². The number of amides is 1. The van der Waals surface area contributed by atoms with E-state index in [1.165, 1.54) is 0 Å². The lowest BCUT2D eigenvalue weighted by molar-refractivity contribution is -0.154. The molecule has 0 fully saturated rings. The van der Waals surface area contributed by atoms with Gasteiger partial charge in [-0.2, -0.15) is 0 Å². The molecule has 1 atom stereocenters. The molecule has 6 heteroatoms. The third kappa shape index (κ3) is 5.17. The van der Waals surface area contributed by atoms with E-state index < -0.39 is 18.0 Å². The number of aryl methyl sites for hydroxylation is 2. The van der Waals surface area contributed by atoms with Crippen molar-refractivity contribution in [3.8, 4) is 0 Å². The highest BCUT2D eigenvalue weighted by atomic mass is 16.5. The molecule has 4 aromatic rings. The molecule has 1 N–H and O–H groups in total. The SMILES string of the molecule is Cc1ccc(NC(=O)[C@@H](OC(=O)CCc2nc3ccccc3o2)c2ccccc2)cc1. The number of para-hydroxylation sites is 2. The van der Waals surface area contributed by atoms with E-state index in [-0.39, 0.29) is 12.8 Å². The van der Waals surface area contributed by atoms with Crippen LogP contribution >= 0.6 is 0 Å². The molecule has 4 rings (SSSR count). The minimum Gasteiger partial charge on any atom is -0.447 e. The first-order valence-electron chi connectivity index (χ1n) is 10.0. The second-order valence-corrected chi connectivity index (χ2v) is 7.21. The minimum absolute atomic E-state index is 0.0496. The van der Waals surface area contributed by atoms with Crippen LogP contribution in [0.4, 0.5) is 5.69 Å². The van der Waals surface area contributed by atoms with Crippen molar-refractivity contribution in [2.45, 2.75) is 25.9 Å². The maximum absolute atomic E-state index is 12.9. The van der Waals surface area contributed by atoms with Crippen molar-refractivity contribution in [1.29, 1.82) is 0 Å². The number of carbonyl (C=O) groups is 2. The van der Waals surface area contributed by atoms with Gasteiger partial charge in [0.05, 0.1) is 6.42 Å². The van der Waals surface area contributed by atoms with E-state index in [0.717, 1.165) is 11.1 Å². The molecule has 0 radical (unpaired) electrons. The van der Waals surface area contributed by atoms with Crippen LogP contribution in [0.15, 0.2) is 83.3 Å². The number of fused-ring (bicyclic) bond motifs is 1. The Balaban J connectivity index is 1.44. The van der Waals surface area contributed by atoms with Crippen LogP contribution < -0.4 is 5.32 Å². The summed E-state index contributed by atoms with van der Waals surface area (Å²) in [5, 5.41) is 2.82. The standard InChI is InChI=1S/C25H22N2O4/c1-17-11-13-19(14-12-17)26-25(29)24(18-7-3-2-4-8-18)31-23(28)16-15-22-27-20-9-5-6-10-21(20)30-22/h2-14,24H,15-16H2,1H3,(H,26,29)/t24-/m0/s1. The monoisotopic (exact) mass is 414 g/mol. The lowest BCUT2D eigenvalue weighted by Crippen LogP contribution is -2.26. The molecule has 0 aliphatic rings. The molecule has 0 saturated carbocycles. The van der Waals surface area contributed by atoms with Gasteiger partial charge in [-0.3, -0.25) is 9.59 Å². The summed E-state index contributed by atoms with van der Waals surface area (Å²) in [5.41, 5.74) is 3.74. The smallest absolute Gasteiger partial charge is 0.307 e. The summed E-state index contributed by atoms with van der Waals surface area (Å²) in [7, 11) is 0. The first-order chi connectivity index (χ1) is 15.1. The fraction of sp³-hybridized carbons (Fsp3) is 0.160. The molecule has 1 heterocycles. The number of hydrogen-bond acceptors (Lipinski definition) is 5. The van der Waals surface area contributed by atoms with Crippen LogP contribution in [0.5, 0.6) is 0 Å². The molecule has 1 aromatic heterocycles. The number of benzene rings is 3. The zero-order valence-corrected chi connectivity index (χ0v) is 17.1. The van der Waals surface area contributed by atoms with Gasteiger partial charge in [-0.25, -0.2) is 4.98 Å². The lowest BCUT2D eigenvalue weighted by atomic mass is 10.1. The number of esters is 1. The highest BCUT2D eigenvalue weighted by molar-refractivity contribution is 5.96. The van der Waals surface area contributed by atoms with E-state index >= 15 is 0 Å². The van der Waals surface area contributed by atoms with Gasteiger partial charge in [-0.1, -0.05) is 60.2 Å². The van der Waals surface area contributed by atoms with Crippen LogP contribution in [0.3, 0.4) is 0 Å². The van der Waals surface area contributed by atoms with Gasteiger partial charge < -0.3 is 14.5 Å². The van der Waals surface area contributed by atoms with E-state index in [2.05, 4.69) is 10.3 Å². The van der Waals surface area contributed by atoms with Crippen LogP contribution in [0.1, 0.15) is 29.5 Å². The average Bonchev–Trinajstić information content (AvgIpc) is 3.21. The van der Waals surface area contributed by atoms with Gasteiger partial charge in [0, 0.05) is 17.7 Å². The van der Waals surface area contributed by atoms with E-state index in [4.69, 9.17) is 9.15 Å². The van der Waals surface area contributed by atoms with Crippen LogP contribution in [-0.2, 0) is 20.7 Å². The molecule has 31 heavy (non-hydrogen) atoms. The maximum Gasteiger partial charge on any atom is 0.307 e. The summed E-state index contributed by atoms with van der Waals surface area (Å²) in [5.74, 6) is -0.459. The summed E-state index contributed by atoms with van der Waals surface area (Å²) < 4.78 is 11.2. The topological polar surface area (TPSA) is 81.4 Å². The number of hydrogen-bond donors (Lipinski definition) is 1.